The Morgan fingerprint density at radius 2 is 1.93 bits per heavy atom. The molecule has 0 spiro atoms. The highest BCUT2D eigenvalue weighted by Crippen LogP contribution is 2.35. The highest BCUT2D eigenvalue weighted by Gasteiger charge is 2.33. The van der Waals surface area contributed by atoms with Gasteiger partial charge in [0.15, 0.2) is 9.84 Å². The standard InChI is InChI=1S/C17H16F3N3O3S/c18-17(19,20)13-3-1-2-4-14(13)23-15-9-11(5-7-21-15)16(24)22-12-6-8-27(25,26)10-12/h1-5,7,9,12H,6,8,10H2,(H,21,23)(H,22,24). The molecule has 2 N–H and O–H groups in total. The zero-order chi connectivity index (χ0) is 19.7. The van der Waals surface area contributed by atoms with Crippen molar-refractivity contribution in [2.75, 3.05) is 16.8 Å². The number of hydrogen-bond acceptors (Lipinski definition) is 5. The van der Waals surface area contributed by atoms with Gasteiger partial charge in [-0.1, -0.05) is 12.1 Å². The number of para-hydroxylation sites is 1. The fourth-order valence-corrected chi connectivity index (χ4v) is 4.47. The number of nitrogens with zero attached hydrogens (tertiary/aromatic N) is 1. The summed E-state index contributed by atoms with van der Waals surface area (Å²) < 4.78 is 62.2. The number of halogens is 3. The quantitative estimate of drug-likeness (QED) is 0.826. The summed E-state index contributed by atoms with van der Waals surface area (Å²) >= 11 is 0. The van der Waals surface area contributed by atoms with Crippen LogP contribution >= 0.6 is 0 Å². The van der Waals surface area contributed by atoms with Crippen molar-refractivity contribution in [3.63, 3.8) is 0 Å². The average molecular weight is 399 g/mol. The molecule has 1 aliphatic rings. The molecule has 1 saturated heterocycles. The Kier molecular flexibility index (Phi) is 5.09. The predicted molar refractivity (Wildman–Crippen MR) is 93.5 cm³/mol. The van der Waals surface area contributed by atoms with Gasteiger partial charge in [0, 0.05) is 17.8 Å². The molecule has 1 fully saturated rings. The second-order valence-corrected chi connectivity index (χ2v) is 8.40. The van der Waals surface area contributed by atoms with Gasteiger partial charge in [-0.25, -0.2) is 13.4 Å². The van der Waals surface area contributed by atoms with Crippen molar-refractivity contribution in [1.29, 1.82) is 0 Å². The number of amides is 1. The summed E-state index contributed by atoms with van der Waals surface area (Å²) in [6, 6.07) is 7.18. The molecule has 0 radical (unpaired) electrons. The molecule has 1 aromatic carbocycles. The lowest BCUT2D eigenvalue weighted by Crippen LogP contribution is -2.35. The van der Waals surface area contributed by atoms with E-state index in [1.54, 1.807) is 0 Å². The number of carbonyl (C=O) groups excluding carboxylic acids is 1. The Labute approximate surface area is 153 Å². The largest absolute Gasteiger partial charge is 0.418 e. The van der Waals surface area contributed by atoms with Crippen molar-refractivity contribution in [2.24, 2.45) is 0 Å². The second kappa shape index (κ2) is 7.18. The van der Waals surface area contributed by atoms with Crippen LogP contribution in [0.4, 0.5) is 24.7 Å². The van der Waals surface area contributed by atoms with Gasteiger partial charge in [0.25, 0.3) is 5.91 Å². The van der Waals surface area contributed by atoms with Gasteiger partial charge in [-0.05, 0) is 30.7 Å². The molecule has 2 heterocycles. The van der Waals surface area contributed by atoms with Gasteiger partial charge in [-0.15, -0.1) is 0 Å². The van der Waals surface area contributed by atoms with Crippen LogP contribution in [0.15, 0.2) is 42.6 Å². The number of carbonyl (C=O) groups is 1. The molecule has 10 heteroatoms. The number of nitrogens with one attached hydrogen (secondary N) is 2. The number of anilines is 2. The Morgan fingerprint density at radius 1 is 1.19 bits per heavy atom. The fraction of sp³-hybridized carbons (Fsp3) is 0.294. The maximum absolute atomic E-state index is 13.1. The van der Waals surface area contributed by atoms with Crippen LogP contribution in [0.2, 0.25) is 0 Å². The normalized spacial score (nSPS) is 18.9. The van der Waals surface area contributed by atoms with Crippen LogP contribution < -0.4 is 10.6 Å². The fourth-order valence-electron chi connectivity index (χ4n) is 2.79. The van der Waals surface area contributed by atoms with E-state index in [0.717, 1.165) is 6.07 Å². The molecule has 0 bridgehead atoms. The Bertz CT molecular complexity index is 961. The van der Waals surface area contributed by atoms with Crippen molar-refractivity contribution in [1.82, 2.24) is 10.3 Å². The topological polar surface area (TPSA) is 88.2 Å². The molecule has 6 nitrogen and oxygen atoms in total. The number of hydrogen-bond donors (Lipinski definition) is 2. The first-order valence-corrected chi connectivity index (χ1v) is 9.87. The minimum atomic E-state index is -4.54. The Morgan fingerprint density at radius 3 is 2.59 bits per heavy atom. The molecule has 1 unspecified atom stereocenters. The third kappa shape index (κ3) is 4.76. The number of benzene rings is 1. The van der Waals surface area contributed by atoms with Crippen molar-refractivity contribution in [2.45, 2.75) is 18.6 Å². The predicted octanol–water partition coefficient (Wildman–Crippen LogP) is 2.76. The zero-order valence-electron chi connectivity index (χ0n) is 14.0. The van der Waals surface area contributed by atoms with E-state index in [1.165, 1.54) is 36.5 Å². The van der Waals surface area contributed by atoms with Gasteiger partial charge < -0.3 is 10.6 Å². The molecular formula is C17H16F3N3O3S. The molecule has 1 amide bonds. The summed E-state index contributed by atoms with van der Waals surface area (Å²) in [5, 5.41) is 5.20. The van der Waals surface area contributed by atoms with Gasteiger partial charge in [0.05, 0.1) is 22.8 Å². The smallest absolute Gasteiger partial charge is 0.348 e. The van der Waals surface area contributed by atoms with E-state index in [-0.39, 0.29) is 28.6 Å². The van der Waals surface area contributed by atoms with Gasteiger partial charge in [0.1, 0.15) is 5.82 Å². The lowest BCUT2D eigenvalue weighted by atomic mass is 10.1. The summed E-state index contributed by atoms with van der Waals surface area (Å²) in [7, 11) is -3.14. The number of alkyl halides is 3. The Hall–Kier alpha value is -2.62. The summed E-state index contributed by atoms with van der Waals surface area (Å²) in [6.07, 6.45) is -2.91. The third-order valence-corrected chi connectivity index (χ3v) is 5.85. The third-order valence-electron chi connectivity index (χ3n) is 4.08. The molecule has 0 saturated carbocycles. The minimum absolute atomic E-state index is 0.0231. The number of aromatic nitrogens is 1. The van der Waals surface area contributed by atoms with E-state index in [1.807, 2.05) is 0 Å². The van der Waals surface area contributed by atoms with Crippen LogP contribution in [0.5, 0.6) is 0 Å². The van der Waals surface area contributed by atoms with E-state index in [9.17, 15) is 26.4 Å². The second-order valence-electron chi connectivity index (χ2n) is 6.17. The number of sulfone groups is 1. The summed E-state index contributed by atoms with van der Waals surface area (Å²) in [6.45, 7) is 0. The summed E-state index contributed by atoms with van der Waals surface area (Å²) in [4.78, 5) is 16.2. The highest BCUT2D eigenvalue weighted by atomic mass is 32.2. The molecule has 0 aliphatic carbocycles. The maximum Gasteiger partial charge on any atom is 0.418 e. The Balaban J connectivity index is 1.76. The van der Waals surface area contributed by atoms with E-state index in [4.69, 9.17) is 0 Å². The lowest BCUT2D eigenvalue weighted by molar-refractivity contribution is -0.136. The van der Waals surface area contributed by atoms with Crippen molar-refractivity contribution in [3.05, 3.63) is 53.7 Å². The average Bonchev–Trinajstić information content (AvgIpc) is 2.93. The van der Waals surface area contributed by atoms with Crippen LogP contribution in [0.1, 0.15) is 22.3 Å². The zero-order valence-corrected chi connectivity index (χ0v) is 14.8. The maximum atomic E-state index is 13.1. The van der Waals surface area contributed by atoms with Crippen molar-refractivity contribution < 1.29 is 26.4 Å². The number of pyridine rings is 1. The van der Waals surface area contributed by atoms with Gasteiger partial charge in [-0.2, -0.15) is 13.2 Å². The molecule has 27 heavy (non-hydrogen) atoms. The molecule has 2 aromatic rings. The molecule has 1 aromatic heterocycles. The number of rotatable bonds is 4. The van der Waals surface area contributed by atoms with E-state index in [2.05, 4.69) is 15.6 Å². The minimum Gasteiger partial charge on any atom is -0.348 e. The molecule has 144 valence electrons. The van der Waals surface area contributed by atoms with Crippen molar-refractivity contribution >= 4 is 27.2 Å². The summed E-state index contributed by atoms with van der Waals surface area (Å²) in [5.74, 6) is -0.534. The van der Waals surface area contributed by atoms with Crippen molar-refractivity contribution in [3.8, 4) is 0 Å². The highest BCUT2D eigenvalue weighted by molar-refractivity contribution is 7.91. The van der Waals surface area contributed by atoms with Gasteiger partial charge >= 0.3 is 6.18 Å². The first-order valence-electron chi connectivity index (χ1n) is 8.05. The molecule has 3 rings (SSSR count). The van der Waals surface area contributed by atoms with Gasteiger partial charge in [0.2, 0.25) is 0 Å². The first-order chi connectivity index (χ1) is 12.6. The van der Waals surface area contributed by atoms with Crippen LogP contribution in [-0.4, -0.2) is 36.9 Å². The molecular weight excluding hydrogens is 383 g/mol. The molecule has 1 atom stereocenters. The van der Waals surface area contributed by atoms with Crippen LogP contribution in [-0.2, 0) is 16.0 Å². The molecule has 1 aliphatic heterocycles. The summed E-state index contributed by atoms with van der Waals surface area (Å²) in [5.41, 5.74) is -0.865. The van der Waals surface area contributed by atoms with Crippen LogP contribution in [0, 0.1) is 0 Å². The van der Waals surface area contributed by atoms with Crippen LogP contribution in [0.3, 0.4) is 0 Å². The van der Waals surface area contributed by atoms with E-state index in [0.29, 0.717) is 6.42 Å². The van der Waals surface area contributed by atoms with Gasteiger partial charge in [-0.3, -0.25) is 4.79 Å². The SMILES string of the molecule is O=C(NC1CCS(=O)(=O)C1)c1ccnc(Nc2ccccc2C(F)(F)F)c1. The lowest BCUT2D eigenvalue weighted by Gasteiger charge is -2.15. The first kappa shape index (κ1) is 19.2. The van der Waals surface area contributed by atoms with Crippen LogP contribution in [0.25, 0.3) is 0 Å². The van der Waals surface area contributed by atoms with E-state index < -0.39 is 33.5 Å². The monoisotopic (exact) mass is 399 g/mol. The van der Waals surface area contributed by atoms with E-state index >= 15 is 0 Å².